The molecule has 0 aromatic rings. The summed E-state index contributed by atoms with van der Waals surface area (Å²) in [6.07, 6.45) is 8.08. The summed E-state index contributed by atoms with van der Waals surface area (Å²) >= 11 is 0. The number of aliphatic hydroxyl groups is 2. The molecule has 0 heterocycles. The van der Waals surface area contributed by atoms with Gasteiger partial charge >= 0.3 is 0 Å². The molecule has 4 N–H and O–H groups in total. The zero-order chi connectivity index (χ0) is 11.0. The van der Waals surface area contributed by atoms with Gasteiger partial charge in [-0.05, 0) is 6.42 Å². The molecule has 0 saturated heterocycles. The molecule has 3 heteroatoms. The Balaban J connectivity index is 3.28. The highest BCUT2D eigenvalue weighted by Gasteiger charge is 2.24. The Morgan fingerprint density at radius 2 is 1.57 bits per heavy atom. The van der Waals surface area contributed by atoms with Crippen LogP contribution in [0.25, 0.3) is 0 Å². The van der Waals surface area contributed by atoms with Crippen LogP contribution in [-0.2, 0) is 0 Å². The minimum atomic E-state index is -2.00. The molecule has 0 rings (SSSR count). The van der Waals surface area contributed by atoms with E-state index in [0.717, 1.165) is 12.8 Å². The van der Waals surface area contributed by atoms with Gasteiger partial charge in [-0.3, -0.25) is 5.73 Å². The molecule has 3 nitrogen and oxygen atoms in total. The third-order valence-electron chi connectivity index (χ3n) is 2.72. The summed E-state index contributed by atoms with van der Waals surface area (Å²) in [5, 5.41) is 18.1. The first-order valence-electron chi connectivity index (χ1n) is 5.72. The van der Waals surface area contributed by atoms with E-state index in [0.29, 0.717) is 0 Å². The second-order valence-corrected chi connectivity index (χ2v) is 4.24. The van der Waals surface area contributed by atoms with E-state index in [1.54, 1.807) is 6.92 Å². The van der Waals surface area contributed by atoms with Crippen molar-refractivity contribution in [3.8, 4) is 0 Å². The smallest absolute Gasteiger partial charge is 0.222 e. The van der Waals surface area contributed by atoms with E-state index < -0.39 is 5.91 Å². The second-order valence-electron chi connectivity index (χ2n) is 4.24. The molecule has 14 heavy (non-hydrogen) atoms. The SMILES string of the molecule is CCCCCCCCC(C)C(N)(O)O. The quantitative estimate of drug-likeness (QED) is 0.417. The summed E-state index contributed by atoms with van der Waals surface area (Å²) in [6.45, 7) is 3.97. The first-order chi connectivity index (χ1) is 6.48. The van der Waals surface area contributed by atoms with E-state index in [9.17, 15) is 0 Å². The number of hydrogen-bond acceptors (Lipinski definition) is 3. The Morgan fingerprint density at radius 1 is 1.07 bits per heavy atom. The lowest BCUT2D eigenvalue weighted by Gasteiger charge is -2.23. The normalized spacial score (nSPS) is 14.4. The standard InChI is InChI=1S/C11H25NO2/c1-3-4-5-6-7-8-9-10(2)11(12,13)14/h10,13-14H,3-9,12H2,1-2H3. The number of nitrogens with two attached hydrogens (primary N) is 1. The molecule has 1 unspecified atom stereocenters. The van der Waals surface area contributed by atoms with Crippen molar-refractivity contribution in [2.24, 2.45) is 11.7 Å². The molecule has 0 aliphatic rings. The molecule has 0 aliphatic carbocycles. The molecular weight excluding hydrogens is 178 g/mol. The fraction of sp³-hybridized carbons (Fsp3) is 1.00. The molecule has 1 atom stereocenters. The summed E-state index contributed by atoms with van der Waals surface area (Å²) < 4.78 is 0. The summed E-state index contributed by atoms with van der Waals surface area (Å²) in [5.41, 5.74) is 5.15. The van der Waals surface area contributed by atoms with Crippen molar-refractivity contribution < 1.29 is 10.2 Å². The van der Waals surface area contributed by atoms with Gasteiger partial charge in [-0.2, -0.15) is 0 Å². The molecule has 0 amide bonds. The van der Waals surface area contributed by atoms with Crippen LogP contribution in [0, 0.1) is 5.92 Å². The van der Waals surface area contributed by atoms with Crippen LogP contribution < -0.4 is 5.73 Å². The summed E-state index contributed by atoms with van der Waals surface area (Å²) in [4.78, 5) is 0. The van der Waals surface area contributed by atoms with E-state index >= 15 is 0 Å². The second kappa shape index (κ2) is 7.21. The Morgan fingerprint density at radius 3 is 2.07 bits per heavy atom. The first kappa shape index (κ1) is 13.9. The van der Waals surface area contributed by atoms with Crippen LogP contribution in [0.4, 0.5) is 0 Å². The lowest BCUT2D eigenvalue weighted by atomic mass is 9.99. The third kappa shape index (κ3) is 7.30. The van der Waals surface area contributed by atoms with Gasteiger partial charge in [0.1, 0.15) is 0 Å². The minimum Gasteiger partial charge on any atom is -0.353 e. The van der Waals surface area contributed by atoms with Crippen LogP contribution in [0.3, 0.4) is 0 Å². The zero-order valence-electron chi connectivity index (χ0n) is 9.50. The average molecular weight is 203 g/mol. The monoisotopic (exact) mass is 203 g/mol. The van der Waals surface area contributed by atoms with E-state index in [1.807, 2.05) is 0 Å². The molecule has 0 aliphatic heterocycles. The van der Waals surface area contributed by atoms with Gasteiger partial charge in [0.25, 0.3) is 0 Å². The van der Waals surface area contributed by atoms with Crippen molar-refractivity contribution in [1.29, 1.82) is 0 Å². The third-order valence-corrected chi connectivity index (χ3v) is 2.72. The van der Waals surface area contributed by atoms with Crippen molar-refractivity contribution in [1.82, 2.24) is 0 Å². The molecular formula is C11H25NO2. The topological polar surface area (TPSA) is 66.5 Å². The highest BCUT2D eigenvalue weighted by molar-refractivity contribution is 4.64. The molecule has 0 saturated carbocycles. The van der Waals surface area contributed by atoms with Gasteiger partial charge in [-0.15, -0.1) is 0 Å². The molecule has 0 aromatic heterocycles. The zero-order valence-corrected chi connectivity index (χ0v) is 9.50. The Labute approximate surface area is 87.3 Å². The van der Waals surface area contributed by atoms with E-state index in [4.69, 9.17) is 15.9 Å². The van der Waals surface area contributed by atoms with Gasteiger partial charge in [-0.25, -0.2) is 0 Å². The van der Waals surface area contributed by atoms with Gasteiger partial charge < -0.3 is 10.2 Å². The highest BCUT2D eigenvalue weighted by atomic mass is 16.5. The van der Waals surface area contributed by atoms with Crippen LogP contribution in [0.2, 0.25) is 0 Å². The van der Waals surface area contributed by atoms with Gasteiger partial charge in [0.15, 0.2) is 0 Å². The van der Waals surface area contributed by atoms with Gasteiger partial charge in [0.2, 0.25) is 5.91 Å². The maximum absolute atomic E-state index is 9.06. The molecule has 0 fully saturated rings. The fourth-order valence-electron chi connectivity index (χ4n) is 1.44. The minimum absolute atomic E-state index is 0.242. The van der Waals surface area contributed by atoms with Crippen LogP contribution in [-0.4, -0.2) is 16.1 Å². The molecule has 0 aromatic carbocycles. The Kier molecular flexibility index (Phi) is 7.15. The van der Waals surface area contributed by atoms with Crippen LogP contribution >= 0.6 is 0 Å². The fourth-order valence-corrected chi connectivity index (χ4v) is 1.44. The van der Waals surface area contributed by atoms with Crippen LogP contribution in [0.1, 0.15) is 58.8 Å². The van der Waals surface area contributed by atoms with Gasteiger partial charge in [-0.1, -0.05) is 52.4 Å². The Bertz CT molecular complexity index is 132. The molecule has 0 bridgehead atoms. The van der Waals surface area contributed by atoms with E-state index in [-0.39, 0.29) is 5.92 Å². The van der Waals surface area contributed by atoms with E-state index in [2.05, 4.69) is 6.92 Å². The molecule has 0 spiro atoms. The predicted octanol–water partition coefficient (Wildman–Crippen LogP) is 1.97. The molecule has 86 valence electrons. The average Bonchev–Trinajstić information content (AvgIpc) is 2.09. The lowest BCUT2D eigenvalue weighted by molar-refractivity contribution is -0.192. The highest BCUT2D eigenvalue weighted by Crippen LogP contribution is 2.17. The lowest BCUT2D eigenvalue weighted by Crippen LogP contribution is -2.45. The maximum Gasteiger partial charge on any atom is 0.222 e. The van der Waals surface area contributed by atoms with Gasteiger partial charge in [0.05, 0.1) is 0 Å². The summed E-state index contributed by atoms with van der Waals surface area (Å²) in [5.74, 6) is -2.24. The van der Waals surface area contributed by atoms with Crippen molar-refractivity contribution in [2.45, 2.75) is 64.7 Å². The van der Waals surface area contributed by atoms with Crippen molar-refractivity contribution >= 4 is 0 Å². The Hall–Kier alpha value is -0.120. The number of rotatable bonds is 8. The number of hydrogen-bond donors (Lipinski definition) is 3. The van der Waals surface area contributed by atoms with E-state index in [1.165, 1.54) is 32.1 Å². The van der Waals surface area contributed by atoms with Crippen molar-refractivity contribution in [3.63, 3.8) is 0 Å². The van der Waals surface area contributed by atoms with Crippen molar-refractivity contribution in [2.75, 3.05) is 0 Å². The van der Waals surface area contributed by atoms with Crippen molar-refractivity contribution in [3.05, 3.63) is 0 Å². The largest absolute Gasteiger partial charge is 0.353 e. The summed E-state index contributed by atoms with van der Waals surface area (Å²) in [6, 6.07) is 0. The summed E-state index contributed by atoms with van der Waals surface area (Å²) in [7, 11) is 0. The molecule has 0 radical (unpaired) electrons. The van der Waals surface area contributed by atoms with Crippen LogP contribution in [0.15, 0.2) is 0 Å². The maximum atomic E-state index is 9.06. The van der Waals surface area contributed by atoms with Gasteiger partial charge in [0, 0.05) is 5.92 Å². The first-order valence-corrected chi connectivity index (χ1v) is 5.72. The number of unbranched alkanes of at least 4 members (excludes halogenated alkanes) is 5. The predicted molar refractivity (Wildman–Crippen MR) is 58.5 cm³/mol. The van der Waals surface area contributed by atoms with Crippen LogP contribution in [0.5, 0.6) is 0 Å².